The predicted octanol–water partition coefficient (Wildman–Crippen LogP) is 4.05. The maximum Gasteiger partial charge on any atom is 0.252 e. The Kier molecular flexibility index (Phi) is 4.85. The number of carbonyl (C=O) groups is 1. The van der Waals surface area contributed by atoms with Crippen LogP contribution in [0.4, 0.5) is 0 Å². The van der Waals surface area contributed by atoms with Gasteiger partial charge < -0.3 is 5.32 Å². The first-order valence-corrected chi connectivity index (χ1v) is 8.16. The number of hydrogen-bond donors (Lipinski definition) is 1. The van der Waals surface area contributed by atoms with Crippen LogP contribution in [0.2, 0.25) is 0 Å². The zero-order valence-electron chi connectivity index (χ0n) is 10.0. The summed E-state index contributed by atoms with van der Waals surface area (Å²) in [5.41, 5.74) is 0.816. The van der Waals surface area contributed by atoms with Gasteiger partial charge in [0, 0.05) is 11.4 Å². The number of thiophene rings is 1. The quantitative estimate of drug-likeness (QED) is 0.623. The topological polar surface area (TPSA) is 29.1 Å². The summed E-state index contributed by atoms with van der Waals surface area (Å²) in [7, 11) is 0. The number of rotatable bonds is 2. The molecular weight excluding hydrogens is 345 g/mol. The standard InChI is InChI=1S/C13H18INOS/c1-9-3-2-4-11(6-5-9)15-13(16)10-7-12(14)17-8-10/h7-9,11H,2-6H2,1H3,(H,15,16). The lowest BCUT2D eigenvalue weighted by atomic mass is 10.0. The first-order valence-electron chi connectivity index (χ1n) is 6.20. The second kappa shape index (κ2) is 6.18. The molecule has 1 heterocycles. The maximum absolute atomic E-state index is 12.0. The normalized spacial score (nSPS) is 25.3. The molecule has 0 saturated heterocycles. The molecule has 0 aromatic carbocycles. The van der Waals surface area contributed by atoms with Gasteiger partial charge in [-0.1, -0.05) is 19.8 Å². The first-order chi connectivity index (χ1) is 8.15. The molecule has 1 amide bonds. The van der Waals surface area contributed by atoms with Gasteiger partial charge in [0.2, 0.25) is 0 Å². The fraction of sp³-hybridized carbons (Fsp3) is 0.615. The van der Waals surface area contributed by atoms with E-state index in [9.17, 15) is 4.79 Å². The summed E-state index contributed by atoms with van der Waals surface area (Å²) < 4.78 is 1.17. The van der Waals surface area contributed by atoms with Crippen molar-refractivity contribution in [2.45, 2.75) is 45.1 Å². The van der Waals surface area contributed by atoms with Gasteiger partial charge in [0.25, 0.3) is 5.91 Å². The Morgan fingerprint density at radius 2 is 2.24 bits per heavy atom. The summed E-state index contributed by atoms with van der Waals surface area (Å²) in [6.45, 7) is 2.31. The fourth-order valence-electron chi connectivity index (χ4n) is 2.33. The molecule has 2 rings (SSSR count). The number of halogens is 1. The molecule has 17 heavy (non-hydrogen) atoms. The predicted molar refractivity (Wildman–Crippen MR) is 80.5 cm³/mol. The van der Waals surface area contributed by atoms with Crippen LogP contribution in [0.3, 0.4) is 0 Å². The number of amides is 1. The lowest BCUT2D eigenvalue weighted by Crippen LogP contribution is -2.34. The lowest BCUT2D eigenvalue weighted by Gasteiger charge is -2.15. The van der Waals surface area contributed by atoms with Crippen molar-refractivity contribution in [2.24, 2.45) is 5.92 Å². The molecule has 1 N–H and O–H groups in total. The van der Waals surface area contributed by atoms with Gasteiger partial charge in [-0.15, -0.1) is 11.3 Å². The average Bonchev–Trinajstić information content (AvgIpc) is 2.62. The summed E-state index contributed by atoms with van der Waals surface area (Å²) in [6.07, 6.45) is 6.06. The molecule has 1 aromatic rings. The summed E-state index contributed by atoms with van der Waals surface area (Å²) in [6, 6.07) is 2.34. The summed E-state index contributed by atoms with van der Waals surface area (Å²) >= 11 is 3.88. The van der Waals surface area contributed by atoms with Crippen LogP contribution in [-0.2, 0) is 0 Å². The van der Waals surface area contributed by atoms with Crippen molar-refractivity contribution in [3.05, 3.63) is 19.9 Å². The summed E-state index contributed by atoms with van der Waals surface area (Å²) in [5, 5.41) is 5.11. The van der Waals surface area contributed by atoms with Gasteiger partial charge in [-0.2, -0.15) is 0 Å². The van der Waals surface area contributed by atoms with Crippen LogP contribution in [0.1, 0.15) is 49.4 Å². The van der Waals surface area contributed by atoms with E-state index in [1.54, 1.807) is 11.3 Å². The van der Waals surface area contributed by atoms with Crippen LogP contribution < -0.4 is 5.32 Å². The van der Waals surface area contributed by atoms with Crippen molar-refractivity contribution in [2.75, 3.05) is 0 Å². The van der Waals surface area contributed by atoms with E-state index < -0.39 is 0 Å². The van der Waals surface area contributed by atoms with E-state index >= 15 is 0 Å². The molecule has 0 radical (unpaired) electrons. The van der Waals surface area contributed by atoms with Gasteiger partial charge >= 0.3 is 0 Å². The van der Waals surface area contributed by atoms with Crippen LogP contribution >= 0.6 is 33.9 Å². The van der Waals surface area contributed by atoms with Crippen LogP contribution in [0.25, 0.3) is 0 Å². The highest BCUT2D eigenvalue weighted by molar-refractivity contribution is 14.1. The molecule has 2 atom stereocenters. The zero-order valence-corrected chi connectivity index (χ0v) is 13.0. The zero-order chi connectivity index (χ0) is 12.3. The van der Waals surface area contributed by atoms with E-state index in [1.807, 2.05) is 11.4 Å². The minimum atomic E-state index is 0.101. The number of nitrogens with one attached hydrogen (secondary N) is 1. The van der Waals surface area contributed by atoms with E-state index in [1.165, 1.54) is 22.1 Å². The average molecular weight is 363 g/mol. The van der Waals surface area contributed by atoms with Crippen LogP contribution in [0.5, 0.6) is 0 Å². The molecule has 2 unspecified atom stereocenters. The van der Waals surface area contributed by atoms with Gasteiger partial charge in [0.15, 0.2) is 0 Å². The summed E-state index contributed by atoms with van der Waals surface area (Å²) in [4.78, 5) is 12.0. The van der Waals surface area contributed by atoms with Gasteiger partial charge in [-0.25, -0.2) is 0 Å². The van der Waals surface area contributed by atoms with E-state index in [-0.39, 0.29) is 5.91 Å². The third-order valence-electron chi connectivity index (χ3n) is 3.42. The summed E-state index contributed by atoms with van der Waals surface area (Å²) in [5.74, 6) is 0.919. The van der Waals surface area contributed by atoms with Crippen molar-refractivity contribution >= 4 is 39.8 Å². The highest BCUT2D eigenvalue weighted by atomic mass is 127. The second-order valence-electron chi connectivity index (χ2n) is 4.92. The third-order valence-corrected chi connectivity index (χ3v) is 5.21. The molecule has 1 aromatic heterocycles. The van der Waals surface area contributed by atoms with Crippen molar-refractivity contribution < 1.29 is 4.79 Å². The van der Waals surface area contributed by atoms with Gasteiger partial charge in [0.1, 0.15) is 0 Å². The van der Waals surface area contributed by atoms with E-state index in [2.05, 4.69) is 34.8 Å². The van der Waals surface area contributed by atoms with Crippen LogP contribution in [-0.4, -0.2) is 11.9 Å². The lowest BCUT2D eigenvalue weighted by molar-refractivity contribution is 0.0933. The van der Waals surface area contributed by atoms with E-state index in [4.69, 9.17) is 0 Å². The van der Waals surface area contributed by atoms with E-state index in [0.717, 1.165) is 24.3 Å². The first kappa shape index (κ1) is 13.3. The molecule has 1 fully saturated rings. The monoisotopic (exact) mass is 363 g/mol. The molecule has 0 aliphatic heterocycles. The van der Waals surface area contributed by atoms with Crippen molar-refractivity contribution in [1.29, 1.82) is 0 Å². The molecule has 1 saturated carbocycles. The number of carbonyl (C=O) groups excluding carboxylic acids is 1. The smallest absolute Gasteiger partial charge is 0.252 e. The minimum absolute atomic E-state index is 0.101. The molecule has 1 aliphatic rings. The highest BCUT2D eigenvalue weighted by Crippen LogP contribution is 2.23. The molecule has 2 nitrogen and oxygen atoms in total. The maximum atomic E-state index is 12.0. The van der Waals surface area contributed by atoms with Gasteiger partial charge in [-0.3, -0.25) is 4.79 Å². The molecule has 4 heteroatoms. The van der Waals surface area contributed by atoms with Crippen molar-refractivity contribution in [3.63, 3.8) is 0 Å². The van der Waals surface area contributed by atoms with Crippen LogP contribution in [0, 0.1) is 8.80 Å². The Hall–Kier alpha value is -0.100. The molecule has 0 spiro atoms. The third kappa shape index (κ3) is 3.95. The molecule has 94 valence electrons. The van der Waals surface area contributed by atoms with Gasteiger partial charge in [0.05, 0.1) is 8.45 Å². The Bertz CT molecular complexity index is 391. The Morgan fingerprint density at radius 1 is 1.41 bits per heavy atom. The van der Waals surface area contributed by atoms with Crippen molar-refractivity contribution in [1.82, 2.24) is 5.32 Å². The Balaban J connectivity index is 1.90. The van der Waals surface area contributed by atoms with E-state index in [0.29, 0.717) is 6.04 Å². The molecule has 1 aliphatic carbocycles. The molecule has 0 bridgehead atoms. The van der Waals surface area contributed by atoms with Crippen LogP contribution in [0.15, 0.2) is 11.4 Å². The minimum Gasteiger partial charge on any atom is -0.349 e. The molecular formula is C13H18INOS. The largest absolute Gasteiger partial charge is 0.349 e. The van der Waals surface area contributed by atoms with Crippen molar-refractivity contribution in [3.8, 4) is 0 Å². The SMILES string of the molecule is CC1CCCC(NC(=O)c2csc(I)c2)CC1. The highest BCUT2D eigenvalue weighted by Gasteiger charge is 2.18. The second-order valence-corrected chi connectivity index (χ2v) is 7.73. The Labute approximate surface area is 120 Å². The van der Waals surface area contributed by atoms with Gasteiger partial charge in [-0.05, 0) is 53.8 Å². The Morgan fingerprint density at radius 3 is 2.94 bits per heavy atom. The fourth-order valence-corrected chi connectivity index (χ4v) is 3.66. The number of hydrogen-bond acceptors (Lipinski definition) is 2.